The van der Waals surface area contributed by atoms with Crippen LogP contribution in [0.2, 0.25) is 0 Å². The van der Waals surface area contributed by atoms with Gasteiger partial charge in [0.15, 0.2) is 0 Å². The highest BCUT2D eigenvalue weighted by Crippen LogP contribution is 2.13. The van der Waals surface area contributed by atoms with Crippen LogP contribution in [0.5, 0.6) is 0 Å². The molecule has 4 nitrogen and oxygen atoms in total. The Balaban J connectivity index is 2.50. The van der Waals surface area contributed by atoms with Crippen molar-refractivity contribution in [2.45, 2.75) is 45.1 Å². The second-order valence-electron chi connectivity index (χ2n) is 4.89. The number of aryl methyl sites for hydroxylation is 1. The van der Waals surface area contributed by atoms with Gasteiger partial charge < -0.3 is 5.32 Å². The Labute approximate surface area is 121 Å². The molecule has 0 aliphatic carbocycles. The van der Waals surface area contributed by atoms with Crippen molar-refractivity contribution in [3.05, 3.63) is 16.1 Å². The molecule has 6 heteroatoms. The van der Waals surface area contributed by atoms with Gasteiger partial charge >= 0.3 is 0 Å². The Bertz CT molecular complexity index is 444. The second-order valence-corrected chi connectivity index (χ2v) is 7.59. The van der Waals surface area contributed by atoms with Crippen LogP contribution >= 0.6 is 11.3 Å². The molecule has 0 aromatic carbocycles. The maximum Gasteiger partial charge on any atom is 0.235 e. The molecule has 0 radical (unpaired) electrons. The van der Waals surface area contributed by atoms with Gasteiger partial charge in [0.1, 0.15) is 5.25 Å². The number of hydrogen-bond donors (Lipinski definition) is 1. The molecular weight excluding hydrogens is 280 g/mol. The lowest BCUT2D eigenvalue weighted by atomic mass is 10.2. The largest absolute Gasteiger partial charge is 0.355 e. The van der Waals surface area contributed by atoms with Gasteiger partial charge in [0, 0.05) is 22.7 Å². The van der Waals surface area contributed by atoms with E-state index in [0.717, 1.165) is 17.1 Å². The van der Waals surface area contributed by atoms with Gasteiger partial charge in [-0.1, -0.05) is 20.8 Å². The molecule has 19 heavy (non-hydrogen) atoms. The molecule has 1 aromatic rings. The van der Waals surface area contributed by atoms with Crippen LogP contribution in [0.3, 0.4) is 0 Å². The van der Waals surface area contributed by atoms with Gasteiger partial charge in [0.2, 0.25) is 5.91 Å². The first-order valence-electron chi connectivity index (χ1n) is 6.52. The first-order chi connectivity index (χ1) is 8.93. The summed E-state index contributed by atoms with van der Waals surface area (Å²) in [5.41, 5.74) is 0.823. The van der Waals surface area contributed by atoms with E-state index in [1.165, 1.54) is 0 Å². The third-order valence-electron chi connectivity index (χ3n) is 2.64. The normalized spacial score (nSPS) is 14.4. The fourth-order valence-electron chi connectivity index (χ4n) is 1.42. The lowest BCUT2D eigenvalue weighted by Crippen LogP contribution is -2.37. The van der Waals surface area contributed by atoms with E-state index in [9.17, 15) is 9.00 Å². The van der Waals surface area contributed by atoms with Crippen molar-refractivity contribution in [3.8, 4) is 0 Å². The lowest BCUT2D eigenvalue weighted by Gasteiger charge is -2.12. The number of amides is 1. The van der Waals surface area contributed by atoms with Crippen molar-refractivity contribution in [2.75, 3.05) is 6.54 Å². The summed E-state index contributed by atoms with van der Waals surface area (Å²) < 4.78 is 12.1. The maximum atomic E-state index is 12.1. The zero-order valence-electron chi connectivity index (χ0n) is 11.9. The monoisotopic (exact) mass is 302 g/mol. The number of rotatable bonds is 7. The van der Waals surface area contributed by atoms with Crippen molar-refractivity contribution in [1.29, 1.82) is 0 Å². The lowest BCUT2D eigenvalue weighted by molar-refractivity contribution is -0.120. The van der Waals surface area contributed by atoms with Crippen LogP contribution in [-0.4, -0.2) is 26.9 Å². The molecular formula is C13H22N2O2S2. The summed E-state index contributed by atoms with van der Waals surface area (Å²) in [5, 5.41) is 5.29. The van der Waals surface area contributed by atoms with Crippen LogP contribution in [0.4, 0.5) is 0 Å². The molecule has 1 amide bonds. The predicted molar refractivity (Wildman–Crippen MR) is 80.6 cm³/mol. The average Bonchev–Trinajstić information content (AvgIpc) is 2.82. The highest BCUT2D eigenvalue weighted by atomic mass is 32.2. The van der Waals surface area contributed by atoms with E-state index in [1.807, 2.05) is 26.2 Å². The number of aromatic nitrogens is 1. The first-order valence-corrected chi connectivity index (χ1v) is 8.78. The van der Waals surface area contributed by atoms with Crippen molar-refractivity contribution in [2.24, 2.45) is 5.92 Å². The summed E-state index contributed by atoms with van der Waals surface area (Å²) in [6, 6.07) is 0. The van der Waals surface area contributed by atoms with E-state index < -0.39 is 16.0 Å². The number of nitrogens with one attached hydrogen (secondary N) is 1. The molecule has 0 saturated carbocycles. The Morgan fingerprint density at radius 1 is 1.47 bits per heavy atom. The van der Waals surface area contributed by atoms with Crippen LogP contribution in [0, 0.1) is 5.92 Å². The van der Waals surface area contributed by atoms with Crippen molar-refractivity contribution < 1.29 is 9.00 Å². The summed E-state index contributed by atoms with van der Waals surface area (Å²) in [5.74, 6) is 0.612. The Hall–Kier alpha value is -0.750. The molecule has 2 atom stereocenters. The number of carbonyl (C=O) groups is 1. The molecule has 1 heterocycles. The molecule has 108 valence electrons. The molecule has 0 fully saturated rings. The molecule has 0 aliphatic heterocycles. The molecule has 0 spiro atoms. The smallest absolute Gasteiger partial charge is 0.235 e. The van der Waals surface area contributed by atoms with E-state index >= 15 is 0 Å². The van der Waals surface area contributed by atoms with Crippen molar-refractivity contribution >= 4 is 28.0 Å². The SMILES string of the molecule is CCc1nc(C[S@@](=O)[C@H](C)C(=O)NCC(C)C)cs1. The predicted octanol–water partition coefficient (Wildman–Crippen LogP) is 2.11. The molecule has 0 saturated heterocycles. The van der Waals surface area contributed by atoms with Gasteiger partial charge in [-0.15, -0.1) is 11.3 Å². The van der Waals surface area contributed by atoms with Gasteiger partial charge in [0.25, 0.3) is 0 Å². The second kappa shape index (κ2) is 7.75. The van der Waals surface area contributed by atoms with Gasteiger partial charge in [-0.05, 0) is 19.3 Å². The minimum absolute atomic E-state index is 0.141. The van der Waals surface area contributed by atoms with Crippen LogP contribution in [-0.2, 0) is 27.8 Å². The third-order valence-corrected chi connectivity index (χ3v) is 5.27. The van der Waals surface area contributed by atoms with Crippen LogP contribution in [0.1, 0.15) is 38.4 Å². The fraction of sp³-hybridized carbons (Fsp3) is 0.692. The van der Waals surface area contributed by atoms with E-state index in [-0.39, 0.29) is 5.91 Å². The summed E-state index contributed by atoms with van der Waals surface area (Å²) in [6.45, 7) is 8.43. The minimum atomic E-state index is -1.22. The Morgan fingerprint density at radius 2 is 2.16 bits per heavy atom. The van der Waals surface area contributed by atoms with Crippen molar-refractivity contribution in [1.82, 2.24) is 10.3 Å². The number of hydrogen-bond acceptors (Lipinski definition) is 4. The summed E-state index contributed by atoms with van der Waals surface area (Å²) in [6.07, 6.45) is 0.891. The van der Waals surface area contributed by atoms with Crippen LogP contribution in [0.25, 0.3) is 0 Å². The summed E-state index contributed by atoms with van der Waals surface area (Å²) in [4.78, 5) is 16.2. The van der Waals surface area contributed by atoms with E-state index in [1.54, 1.807) is 18.3 Å². The van der Waals surface area contributed by atoms with Crippen molar-refractivity contribution in [3.63, 3.8) is 0 Å². The highest BCUT2D eigenvalue weighted by Gasteiger charge is 2.20. The Morgan fingerprint density at radius 3 is 2.68 bits per heavy atom. The van der Waals surface area contributed by atoms with Crippen LogP contribution < -0.4 is 5.32 Å². The zero-order valence-corrected chi connectivity index (χ0v) is 13.6. The minimum Gasteiger partial charge on any atom is -0.355 e. The maximum absolute atomic E-state index is 12.1. The van der Waals surface area contributed by atoms with Gasteiger partial charge in [-0.3, -0.25) is 9.00 Å². The number of thiazole rings is 1. The van der Waals surface area contributed by atoms with Gasteiger partial charge in [-0.25, -0.2) is 4.98 Å². The number of carbonyl (C=O) groups excluding carboxylic acids is 1. The molecule has 0 aliphatic rings. The quantitative estimate of drug-likeness (QED) is 0.839. The fourth-order valence-corrected chi connectivity index (χ4v) is 3.28. The molecule has 1 N–H and O–H groups in total. The molecule has 0 unspecified atom stereocenters. The molecule has 1 aromatic heterocycles. The topological polar surface area (TPSA) is 59.1 Å². The van der Waals surface area contributed by atoms with Gasteiger partial charge in [0.05, 0.1) is 16.5 Å². The van der Waals surface area contributed by atoms with E-state index in [2.05, 4.69) is 10.3 Å². The third kappa shape index (κ3) is 5.40. The van der Waals surface area contributed by atoms with Gasteiger partial charge in [-0.2, -0.15) is 0 Å². The Kier molecular flexibility index (Phi) is 6.65. The average molecular weight is 302 g/mol. The standard InChI is InChI=1S/C13H22N2O2S2/c1-5-12-15-11(7-18-12)8-19(17)10(4)13(16)14-6-9(2)3/h7,9-10H,5-6,8H2,1-4H3,(H,14,16)/t10-,19-/m1/s1. The number of nitrogens with zero attached hydrogens (tertiary/aromatic N) is 1. The zero-order chi connectivity index (χ0) is 14.4. The summed E-state index contributed by atoms with van der Waals surface area (Å²) in [7, 11) is -1.22. The van der Waals surface area contributed by atoms with E-state index in [0.29, 0.717) is 18.2 Å². The summed E-state index contributed by atoms with van der Waals surface area (Å²) >= 11 is 1.58. The molecule has 1 rings (SSSR count). The highest BCUT2D eigenvalue weighted by molar-refractivity contribution is 7.85. The first kappa shape index (κ1) is 16.3. The molecule has 0 bridgehead atoms. The van der Waals surface area contributed by atoms with E-state index in [4.69, 9.17) is 0 Å². The van der Waals surface area contributed by atoms with Crippen LogP contribution in [0.15, 0.2) is 5.38 Å².